The van der Waals surface area contributed by atoms with Gasteiger partial charge in [-0.25, -0.2) is 0 Å². The fourth-order valence-electron chi connectivity index (χ4n) is 2.39. The second-order valence-corrected chi connectivity index (χ2v) is 4.90. The van der Waals surface area contributed by atoms with E-state index in [2.05, 4.69) is 30.9 Å². The molecule has 1 heterocycles. The molecule has 0 spiro atoms. The van der Waals surface area contributed by atoms with Crippen LogP contribution in [0.4, 0.5) is 0 Å². The zero-order valence-electron chi connectivity index (χ0n) is 9.87. The summed E-state index contributed by atoms with van der Waals surface area (Å²) in [5.41, 5.74) is 5.85. The average molecular weight is 199 g/mol. The molecule has 0 bridgehead atoms. The van der Waals surface area contributed by atoms with Gasteiger partial charge >= 0.3 is 0 Å². The van der Waals surface area contributed by atoms with Gasteiger partial charge in [0.1, 0.15) is 0 Å². The van der Waals surface area contributed by atoms with Gasteiger partial charge in [-0.3, -0.25) is 0 Å². The van der Waals surface area contributed by atoms with Crippen LogP contribution >= 0.6 is 0 Å². The Balaban J connectivity index is 2.36. The highest BCUT2D eigenvalue weighted by molar-refractivity contribution is 4.78. The second-order valence-electron chi connectivity index (χ2n) is 4.90. The van der Waals surface area contributed by atoms with Crippen LogP contribution in [-0.4, -0.2) is 57.1 Å². The number of nitrogens with zero attached hydrogens (tertiary/aromatic N) is 2. The molecule has 1 aliphatic heterocycles. The minimum atomic E-state index is 0.693. The SMILES string of the molecule is CN(C)CC(CN)C1CCN(C)CC1. The molecule has 84 valence electrons. The van der Waals surface area contributed by atoms with E-state index in [1.165, 1.54) is 25.9 Å². The molecule has 0 aromatic rings. The van der Waals surface area contributed by atoms with Crippen molar-refractivity contribution in [2.24, 2.45) is 17.6 Å². The van der Waals surface area contributed by atoms with E-state index in [0.29, 0.717) is 5.92 Å². The summed E-state index contributed by atoms with van der Waals surface area (Å²) in [6.45, 7) is 4.47. The smallest absolute Gasteiger partial charge is 0.00183 e. The number of piperidine rings is 1. The molecule has 0 aromatic carbocycles. The fraction of sp³-hybridized carbons (Fsp3) is 1.00. The lowest BCUT2D eigenvalue weighted by Crippen LogP contribution is -2.39. The van der Waals surface area contributed by atoms with E-state index in [0.717, 1.165) is 19.0 Å². The minimum Gasteiger partial charge on any atom is -0.330 e. The molecule has 1 atom stereocenters. The summed E-state index contributed by atoms with van der Waals surface area (Å²) >= 11 is 0. The van der Waals surface area contributed by atoms with Crippen molar-refractivity contribution >= 4 is 0 Å². The Hall–Kier alpha value is -0.120. The first kappa shape index (κ1) is 12.0. The van der Waals surface area contributed by atoms with Crippen molar-refractivity contribution in [3.63, 3.8) is 0 Å². The van der Waals surface area contributed by atoms with E-state index in [1.54, 1.807) is 0 Å². The van der Waals surface area contributed by atoms with Gasteiger partial charge in [0.2, 0.25) is 0 Å². The summed E-state index contributed by atoms with van der Waals surface area (Å²) in [6.07, 6.45) is 2.65. The molecule has 2 N–H and O–H groups in total. The van der Waals surface area contributed by atoms with Crippen LogP contribution in [0.15, 0.2) is 0 Å². The third-order valence-electron chi connectivity index (χ3n) is 3.33. The molecule has 0 aromatic heterocycles. The summed E-state index contributed by atoms with van der Waals surface area (Å²) in [5, 5.41) is 0. The standard InChI is InChI=1S/C11H25N3/c1-13(2)9-11(8-12)10-4-6-14(3)7-5-10/h10-11H,4-9,12H2,1-3H3. The molecule has 0 amide bonds. The van der Waals surface area contributed by atoms with Gasteiger partial charge < -0.3 is 15.5 Å². The number of hydrogen-bond acceptors (Lipinski definition) is 3. The molecule has 14 heavy (non-hydrogen) atoms. The second kappa shape index (κ2) is 5.69. The Labute approximate surface area is 88.2 Å². The molecule has 1 rings (SSSR count). The minimum absolute atomic E-state index is 0.693. The van der Waals surface area contributed by atoms with Gasteiger partial charge in [-0.15, -0.1) is 0 Å². The molecule has 0 aliphatic carbocycles. The Morgan fingerprint density at radius 1 is 1.36 bits per heavy atom. The molecule has 1 saturated heterocycles. The lowest BCUT2D eigenvalue weighted by Gasteiger charge is -2.35. The maximum atomic E-state index is 5.85. The zero-order chi connectivity index (χ0) is 10.6. The highest BCUT2D eigenvalue weighted by atomic mass is 15.1. The molecule has 3 nitrogen and oxygen atoms in total. The van der Waals surface area contributed by atoms with Crippen molar-refractivity contribution in [2.75, 3.05) is 47.3 Å². The summed E-state index contributed by atoms with van der Waals surface area (Å²) in [4.78, 5) is 4.68. The first-order valence-electron chi connectivity index (χ1n) is 5.66. The Bertz CT molecular complexity index is 151. The first-order chi connectivity index (χ1) is 6.63. The van der Waals surface area contributed by atoms with E-state index in [-0.39, 0.29) is 0 Å². The van der Waals surface area contributed by atoms with Gasteiger partial charge in [0.05, 0.1) is 0 Å². The normalized spacial score (nSPS) is 22.9. The third-order valence-corrected chi connectivity index (χ3v) is 3.33. The maximum Gasteiger partial charge on any atom is 0.00183 e. The lowest BCUT2D eigenvalue weighted by atomic mass is 9.84. The number of hydrogen-bond donors (Lipinski definition) is 1. The van der Waals surface area contributed by atoms with Crippen LogP contribution in [-0.2, 0) is 0 Å². The lowest BCUT2D eigenvalue weighted by molar-refractivity contribution is 0.152. The molecule has 0 saturated carbocycles. The van der Waals surface area contributed by atoms with Gasteiger partial charge in [0, 0.05) is 6.54 Å². The van der Waals surface area contributed by atoms with Crippen molar-refractivity contribution < 1.29 is 0 Å². The van der Waals surface area contributed by atoms with Crippen LogP contribution in [0.3, 0.4) is 0 Å². The Morgan fingerprint density at radius 2 is 1.93 bits per heavy atom. The van der Waals surface area contributed by atoms with Gasteiger partial charge in [0.25, 0.3) is 0 Å². The molecule has 1 aliphatic rings. The molecule has 3 heteroatoms. The van der Waals surface area contributed by atoms with Gasteiger partial charge in [-0.1, -0.05) is 0 Å². The van der Waals surface area contributed by atoms with Crippen molar-refractivity contribution in [1.82, 2.24) is 9.80 Å². The predicted octanol–water partition coefficient (Wildman–Crippen LogP) is 0.465. The molecule has 0 radical (unpaired) electrons. The highest BCUT2D eigenvalue weighted by Crippen LogP contribution is 2.24. The van der Waals surface area contributed by atoms with Crippen LogP contribution < -0.4 is 5.73 Å². The number of likely N-dealkylation sites (tertiary alicyclic amines) is 1. The van der Waals surface area contributed by atoms with E-state index >= 15 is 0 Å². The molecular weight excluding hydrogens is 174 g/mol. The van der Waals surface area contributed by atoms with Crippen LogP contribution in [0.1, 0.15) is 12.8 Å². The van der Waals surface area contributed by atoms with Crippen molar-refractivity contribution in [3.8, 4) is 0 Å². The van der Waals surface area contributed by atoms with Crippen molar-refractivity contribution in [3.05, 3.63) is 0 Å². The topological polar surface area (TPSA) is 32.5 Å². The maximum absolute atomic E-state index is 5.85. The summed E-state index contributed by atoms with van der Waals surface area (Å²) < 4.78 is 0. The summed E-state index contributed by atoms with van der Waals surface area (Å²) in [7, 11) is 6.48. The summed E-state index contributed by atoms with van der Waals surface area (Å²) in [5.74, 6) is 1.54. The van der Waals surface area contributed by atoms with E-state index in [1.807, 2.05) is 0 Å². The third kappa shape index (κ3) is 3.56. The fourth-order valence-corrected chi connectivity index (χ4v) is 2.39. The monoisotopic (exact) mass is 199 g/mol. The van der Waals surface area contributed by atoms with Gasteiger partial charge in [-0.05, 0) is 65.5 Å². The van der Waals surface area contributed by atoms with E-state index in [4.69, 9.17) is 5.73 Å². The quantitative estimate of drug-likeness (QED) is 0.714. The largest absolute Gasteiger partial charge is 0.330 e. The van der Waals surface area contributed by atoms with Crippen LogP contribution in [0.5, 0.6) is 0 Å². The van der Waals surface area contributed by atoms with Gasteiger partial charge in [-0.2, -0.15) is 0 Å². The molecule has 1 fully saturated rings. The van der Waals surface area contributed by atoms with E-state index in [9.17, 15) is 0 Å². The first-order valence-corrected chi connectivity index (χ1v) is 5.66. The Morgan fingerprint density at radius 3 is 2.36 bits per heavy atom. The highest BCUT2D eigenvalue weighted by Gasteiger charge is 2.24. The van der Waals surface area contributed by atoms with Crippen LogP contribution in [0.2, 0.25) is 0 Å². The van der Waals surface area contributed by atoms with Crippen LogP contribution in [0.25, 0.3) is 0 Å². The molecule has 1 unspecified atom stereocenters. The zero-order valence-corrected chi connectivity index (χ0v) is 9.87. The van der Waals surface area contributed by atoms with Crippen molar-refractivity contribution in [1.29, 1.82) is 0 Å². The average Bonchev–Trinajstić information content (AvgIpc) is 2.15. The summed E-state index contributed by atoms with van der Waals surface area (Å²) in [6, 6.07) is 0. The van der Waals surface area contributed by atoms with Gasteiger partial charge in [0.15, 0.2) is 0 Å². The van der Waals surface area contributed by atoms with Crippen molar-refractivity contribution in [2.45, 2.75) is 12.8 Å². The van der Waals surface area contributed by atoms with E-state index < -0.39 is 0 Å². The number of nitrogens with two attached hydrogens (primary N) is 1. The number of rotatable bonds is 4. The predicted molar refractivity (Wildman–Crippen MR) is 61.3 cm³/mol. The van der Waals surface area contributed by atoms with Crippen LogP contribution in [0, 0.1) is 11.8 Å². The Kier molecular flexibility index (Phi) is 4.85. The molecular formula is C11H25N3.